The van der Waals surface area contributed by atoms with Gasteiger partial charge in [0.15, 0.2) is 0 Å². The number of carbonyl (C=O) groups is 4. The highest BCUT2D eigenvalue weighted by Gasteiger charge is 2.29. The maximum Gasteiger partial charge on any atom is 0.306 e. The largest absolute Gasteiger partial charge is 0.466 e. The van der Waals surface area contributed by atoms with Crippen LogP contribution in [0.5, 0.6) is 0 Å². The summed E-state index contributed by atoms with van der Waals surface area (Å²) < 4.78 is 38.8. The summed E-state index contributed by atoms with van der Waals surface area (Å²) in [6, 6.07) is 0. The minimum atomic E-state index is -0.815. The number of esters is 2. The second kappa shape index (κ2) is 21.1. The second-order valence-corrected chi connectivity index (χ2v) is 13.2. The Labute approximate surface area is 291 Å². The molecule has 0 aromatic rings. The first-order valence-corrected chi connectivity index (χ1v) is 16.9. The Kier molecular flexibility index (Phi) is 18.1. The average Bonchev–Trinajstić information content (AvgIpc) is 3.02. The topological polar surface area (TPSA) is 139 Å². The Hall–Kier alpha value is -3.20. The van der Waals surface area contributed by atoms with Crippen molar-refractivity contribution in [3.8, 4) is 23.7 Å². The Morgan fingerprint density at radius 1 is 0.633 bits per heavy atom. The summed E-state index contributed by atoms with van der Waals surface area (Å²) in [5.74, 6) is 10.8. The molecule has 2 rings (SSSR count). The van der Waals surface area contributed by atoms with Crippen molar-refractivity contribution in [1.29, 1.82) is 0 Å². The third-order valence-corrected chi connectivity index (χ3v) is 8.44. The molecule has 0 unspecified atom stereocenters. The van der Waals surface area contributed by atoms with E-state index >= 15 is 0 Å². The quantitative estimate of drug-likeness (QED) is 0.155. The van der Waals surface area contributed by atoms with E-state index in [-0.39, 0.29) is 56.3 Å². The minimum absolute atomic E-state index is 0.0172. The minimum Gasteiger partial charge on any atom is -0.466 e. The molecule has 0 saturated heterocycles. The van der Waals surface area contributed by atoms with Crippen molar-refractivity contribution in [2.45, 2.75) is 115 Å². The molecule has 13 nitrogen and oxygen atoms in total. The fourth-order valence-electron chi connectivity index (χ4n) is 5.26. The number of ether oxygens (including phenoxy) is 7. The van der Waals surface area contributed by atoms with Gasteiger partial charge >= 0.3 is 11.9 Å². The van der Waals surface area contributed by atoms with Gasteiger partial charge in [0.1, 0.15) is 30.0 Å². The average molecular weight is 693 g/mol. The molecule has 2 aliphatic rings. The van der Waals surface area contributed by atoms with Gasteiger partial charge in [-0.1, -0.05) is 23.7 Å². The highest BCUT2D eigenvalue weighted by atomic mass is 16.6. The zero-order valence-corrected chi connectivity index (χ0v) is 30.6. The van der Waals surface area contributed by atoms with Crippen LogP contribution >= 0.6 is 0 Å². The Bertz CT molecular complexity index is 1210. The molecule has 0 aromatic carbocycles. The molecule has 0 N–H and O–H groups in total. The van der Waals surface area contributed by atoms with Gasteiger partial charge in [0, 0.05) is 80.1 Å². The van der Waals surface area contributed by atoms with E-state index in [2.05, 4.69) is 23.7 Å². The first-order chi connectivity index (χ1) is 23.2. The van der Waals surface area contributed by atoms with Gasteiger partial charge in [0.2, 0.25) is 11.8 Å². The smallest absolute Gasteiger partial charge is 0.306 e. The highest BCUT2D eigenvalue weighted by molar-refractivity contribution is 5.82. The summed E-state index contributed by atoms with van der Waals surface area (Å²) in [6.07, 6.45) is 0.237. The lowest BCUT2D eigenvalue weighted by Crippen LogP contribution is -2.45. The zero-order valence-electron chi connectivity index (χ0n) is 30.6. The van der Waals surface area contributed by atoms with Gasteiger partial charge in [-0.05, 0) is 27.7 Å². The number of nitrogens with zero attached hydrogens (tertiary/aromatic N) is 2. The van der Waals surface area contributed by atoms with Crippen LogP contribution in [0.4, 0.5) is 0 Å². The van der Waals surface area contributed by atoms with Gasteiger partial charge in [-0.25, -0.2) is 0 Å². The summed E-state index contributed by atoms with van der Waals surface area (Å²) in [5.41, 5.74) is -1.43. The van der Waals surface area contributed by atoms with Gasteiger partial charge in [0.25, 0.3) is 0 Å². The highest BCUT2D eigenvalue weighted by Crippen LogP contribution is 2.21. The molecule has 13 heteroatoms. The van der Waals surface area contributed by atoms with Crippen LogP contribution in [0.2, 0.25) is 0 Å². The fourth-order valence-corrected chi connectivity index (χ4v) is 5.26. The van der Waals surface area contributed by atoms with Crippen molar-refractivity contribution >= 4 is 23.8 Å². The predicted molar refractivity (Wildman–Crippen MR) is 180 cm³/mol. The lowest BCUT2D eigenvalue weighted by atomic mass is 10.0. The molecule has 0 aliphatic carbocycles. The van der Waals surface area contributed by atoms with Gasteiger partial charge in [0.05, 0.1) is 44.7 Å². The van der Waals surface area contributed by atoms with Gasteiger partial charge in [-0.3, -0.25) is 19.2 Å². The third kappa shape index (κ3) is 15.5. The second-order valence-electron chi connectivity index (χ2n) is 13.2. The van der Waals surface area contributed by atoms with E-state index in [1.54, 1.807) is 52.1 Å². The van der Waals surface area contributed by atoms with E-state index in [9.17, 15) is 19.2 Å². The molecule has 4 atom stereocenters. The van der Waals surface area contributed by atoms with Crippen molar-refractivity contribution in [3.63, 3.8) is 0 Å². The van der Waals surface area contributed by atoms with Crippen LogP contribution in [0.25, 0.3) is 0 Å². The number of amides is 2. The molecule has 0 radical (unpaired) electrons. The van der Waals surface area contributed by atoms with Crippen LogP contribution < -0.4 is 0 Å². The third-order valence-electron chi connectivity index (χ3n) is 8.44. The van der Waals surface area contributed by atoms with Crippen molar-refractivity contribution in [3.05, 3.63) is 0 Å². The van der Waals surface area contributed by atoms with E-state index in [1.807, 2.05) is 13.8 Å². The molecular weight excluding hydrogens is 636 g/mol. The fraction of sp³-hybridized carbons (Fsp3) is 0.778. The van der Waals surface area contributed by atoms with E-state index < -0.39 is 35.3 Å². The molecule has 49 heavy (non-hydrogen) atoms. The Morgan fingerprint density at radius 3 is 1.57 bits per heavy atom. The van der Waals surface area contributed by atoms with Crippen LogP contribution in [-0.2, 0) is 52.3 Å². The van der Waals surface area contributed by atoms with Gasteiger partial charge < -0.3 is 43.0 Å². The standard InChI is InChI=1S/C36H56N2O11/c1-35(2,19-23-47-33(41)17-15-31(39)37-21-11-9-13-27(43-5)29(25-37)45-7)48-24-20-36(3,4)49-34(42)18-16-32(40)38-22-12-10-14-28(44-6)30(26-38)46-8/h27-30H,11-12,15-26H2,1-8H3/t27-,28-,29-,30-/m0/s1. The summed E-state index contributed by atoms with van der Waals surface area (Å²) in [4.78, 5) is 54.0. The lowest BCUT2D eigenvalue weighted by molar-refractivity contribution is -0.160. The summed E-state index contributed by atoms with van der Waals surface area (Å²) in [7, 11) is 6.22. The molecule has 276 valence electrons. The number of hydrogen-bond donors (Lipinski definition) is 0. The predicted octanol–water partition coefficient (Wildman–Crippen LogP) is 2.52. The van der Waals surface area contributed by atoms with E-state index in [0.29, 0.717) is 58.5 Å². The lowest BCUT2D eigenvalue weighted by Gasteiger charge is -2.31. The monoisotopic (exact) mass is 692 g/mol. The first-order valence-electron chi connectivity index (χ1n) is 16.9. The SMILES string of the molecule is CO[C@H]1C#CCCN(C(=O)CCC(=O)OCCC(C)(C)OCCC(C)(C)OC(=O)CCC(=O)N2CCC#C[C@H](OC)[C@@H](OC)C2)C[C@@H]1OC. The molecule has 0 bridgehead atoms. The van der Waals surface area contributed by atoms with Crippen molar-refractivity contribution < 1.29 is 52.3 Å². The van der Waals surface area contributed by atoms with Crippen molar-refractivity contribution in [2.75, 3.05) is 67.8 Å². The maximum atomic E-state index is 12.9. The summed E-state index contributed by atoms with van der Waals surface area (Å²) in [6.45, 7) is 9.37. The number of carbonyl (C=O) groups excluding carboxylic acids is 4. The number of hydrogen-bond acceptors (Lipinski definition) is 11. The summed E-state index contributed by atoms with van der Waals surface area (Å²) >= 11 is 0. The van der Waals surface area contributed by atoms with Crippen LogP contribution in [0.15, 0.2) is 0 Å². The van der Waals surface area contributed by atoms with Crippen LogP contribution in [0, 0.1) is 23.7 Å². The van der Waals surface area contributed by atoms with E-state index in [1.165, 1.54) is 0 Å². The van der Waals surface area contributed by atoms with Crippen molar-refractivity contribution in [1.82, 2.24) is 9.80 Å². The zero-order chi connectivity index (χ0) is 36.5. The summed E-state index contributed by atoms with van der Waals surface area (Å²) in [5, 5.41) is 0. The molecule has 0 spiro atoms. The molecule has 0 fully saturated rings. The van der Waals surface area contributed by atoms with E-state index in [4.69, 9.17) is 33.2 Å². The molecule has 0 aromatic heterocycles. The molecule has 2 heterocycles. The molecule has 2 amide bonds. The number of methoxy groups -OCH3 is 4. The normalized spacial score (nSPS) is 21.5. The van der Waals surface area contributed by atoms with Crippen LogP contribution in [-0.4, -0.2) is 137 Å². The number of rotatable bonds is 18. The van der Waals surface area contributed by atoms with Crippen LogP contribution in [0.1, 0.15) is 79.1 Å². The Balaban J connectivity index is 1.68. The van der Waals surface area contributed by atoms with E-state index in [0.717, 1.165) is 0 Å². The van der Waals surface area contributed by atoms with Crippen LogP contribution in [0.3, 0.4) is 0 Å². The molecule has 2 aliphatic heterocycles. The first kappa shape index (κ1) is 42.0. The molecule has 0 saturated carbocycles. The van der Waals surface area contributed by atoms with Gasteiger partial charge in [-0.2, -0.15) is 0 Å². The molecular formula is C36H56N2O11. The maximum absolute atomic E-state index is 12.9. The van der Waals surface area contributed by atoms with Crippen molar-refractivity contribution in [2.24, 2.45) is 0 Å². The van der Waals surface area contributed by atoms with Gasteiger partial charge in [-0.15, -0.1) is 0 Å². The Morgan fingerprint density at radius 2 is 1.10 bits per heavy atom.